The summed E-state index contributed by atoms with van der Waals surface area (Å²) in [6, 6.07) is 0. The van der Waals surface area contributed by atoms with Gasteiger partial charge in [0.05, 0.1) is 0 Å². The largest absolute Gasteiger partial charge is 0.430 e. The highest BCUT2D eigenvalue weighted by Gasteiger charge is 2.71. The Hall–Kier alpha value is -1.49. The second-order valence-corrected chi connectivity index (χ2v) is 9.48. The predicted octanol–water partition coefficient (Wildman–Crippen LogP) is 2.97. The Balaban J connectivity index is 1.52. The summed E-state index contributed by atoms with van der Waals surface area (Å²) < 4.78 is 11.3. The van der Waals surface area contributed by atoms with Crippen LogP contribution < -0.4 is 0 Å². The highest BCUT2D eigenvalue weighted by Crippen LogP contribution is 2.67. The molecule has 140 valence electrons. The van der Waals surface area contributed by atoms with Crippen LogP contribution in [-0.2, 0) is 23.9 Å². The van der Waals surface area contributed by atoms with Gasteiger partial charge in [0.2, 0.25) is 5.79 Å². The first-order valence-corrected chi connectivity index (χ1v) is 9.88. The van der Waals surface area contributed by atoms with E-state index in [2.05, 4.69) is 13.8 Å². The number of carbonyl (C=O) groups is 3. The molecule has 4 aliphatic carbocycles. The summed E-state index contributed by atoms with van der Waals surface area (Å²) in [5.41, 5.74) is 0.602. The van der Waals surface area contributed by atoms with Crippen molar-refractivity contribution in [3.05, 3.63) is 11.6 Å². The first-order valence-electron chi connectivity index (χ1n) is 9.88. The number of carbonyl (C=O) groups excluding carboxylic acids is 3. The lowest BCUT2D eigenvalue weighted by molar-refractivity contribution is -0.158. The number of ether oxygens (including phenoxy) is 2. The fraction of sp³-hybridized carbons (Fsp3) is 0.762. The monoisotopic (exact) mass is 358 g/mol. The van der Waals surface area contributed by atoms with Crippen LogP contribution in [0.25, 0.3) is 0 Å². The Morgan fingerprint density at radius 1 is 1.12 bits per heavy atom. The van der Waals surface area contributed by atoms with Crippen LogP contribution in [-0.4, -0.2) is 29.4 Å². The first-order chi connectivity index (χ1) is 12.2. The first kappa shape index (κ1) is 16.7. The fourth-order valence-electron chi connectivity index (χ4n) is 6.82. The molecule has 1 heterocycles. The molecule has 5 heteroatoms. The molecule has 0 bridgehead atoms. The van der Waals surface area contributed by atoms with Crippen LogP contribution in [0.15, 0.2) is 11.6 Å². The minimum Gasteiger partial charge on any atom is -0.430 e. The van der Waals surface area contributed by atoms with Crippen molar-refractivity contribution >= 4 is 17.5 Å². The van der Waals surface area contributed by atoms with E-state index in [-0.39, 0.29) is 46.4 Å². The van der Waals surface area contributed by atoms with E-state index in [0.717, 1.165) is 31.3 Å². The summed E-state index contributed by atoms with van der Waals surface area (Å²) in [4.78, 5) is 37.1. The summed E-state index contributed by atoms with van der Waals surface area (Å²) in [5, 5.41) is 0. The number of hydrogen-bond acceptors (Lipinski definition) is 5. The third-order valence-corrected chi connectivity index (χ3v) is 8.33. The standard InChI is InChI=1S/C21H26O5/c1-11(22)25-21-9-8-19(2)13-6-7-20(3)12(4-5-16(20)24)17(13)15(23)10-14(19)18(21)26-21/h10,12-13,17-18H,4-9H2,1-3H3/t12-,13-,17-,18-,19+,20-,21-/m0/s1. The molecule has 0 aromatic heterocycles. The van der Waals surface area contributed by atoms with Gasteiger partial charge in [-0.2, -0.15) is 0 Å². The Morgan fingerprint density at radius 2 is 1.85 bits per heavy atom. The average molecular weight is 358 g/mol. The van der Waals surface area contributed by atoms with E-state index in [0.29, 0.717) is 18.6 Å². The quantitative estimate of drug-likeness (QED) is 0.532. The van der Waals surface area contributed by atoms with Gasteiger partial charge in [-0.05, 0) is 54.6 Å². The molecule has 0 aromatic carbocycles. The summed E-state index contributed by atoms with van der Waals surface area (Å²) in [6.07, 6.45) is 6.31. The van der Waals surface area contributed by atoms with Gasteiger partial charge in [-0.25, -0.2) is 0 Å². The van der Waals surface area contributed by atoms with E-state index >= 15 is 0 Å². The van der Waals surface area contributed by atoms with Gasteiger partial charge < -0.3 is 9.47 Å². The number of allylic oxidation sites excluding steroid dienone is 1. The summed E-state index contributed by atoms with van der Waals surface area (Å²) >= 11 is 0. The molecule has 1 saturated heterocycles. The SMILES string of the molecule is CC(=O)O[C@]12CC[C@@]3(C)C(=CC(=O)[C@@H]4[C@@H]3CC[C@]3(C)C(=O)CC[C@@H]43)[C@@H]1O2. The van der Waals surface area contributed by atoms with Gasteiger partial charge in [0.1, 0.15) is 11.9 Å². The maximum Gasteiger partial charge on any atom is 0.305 e. The minimum absolute atomic E-state index is 0.0473. The van der Waals surface area contributed by atoms with E-state index in [1.807, 2.05) is 0 Å². The molecule has 1 aliphatic heterocycles. The van der Waals surface area contributed by atoms with Crippen molar-refractivity contribution in [3.8, 4) is 0 Å². The highest BCUT2D eigenvalue weighted by molar-refractivity contribution is 5.97. The Bertz CT molecular complexity index is 768. The molecule has 0 spiro atoms. The molecular formula is C21H26O5. The van der Waals surface area contributed by atoms with Crippen LogP contribution in [0.2, 0.25) is 0 Å². The number of ketones is 2. The van der Waals surface area contributed by atoms with E-state index in [9.17, 15) is 14.4 Å². The van der Waals surface area contributed by atoms with Crippen molar-refractivity contribution in [1.82, 2.24) is 0 Å². The van der Waals surface area contributed by atoms with Crippen LogP contribution in [0.4, 0.5) is 0 Å². The lowest BCUT2D eigenvalue weighted by Gasteiger charge is -2.55. The Morgan fingerprint density at radius 3 is 2.58 bits per heavy atom. The van der Waals surface area contributed by atoms with Crippen molar-refractivity contribution in [3.63, 3.8) is 0 Å². The number of epoxide rings is 1. The zero-order chi connectivity index (χ0) is 18.5. The predicted molar refractivity (Wildman–Crippen MR) is 91.9 cm³/mol. The second kappa shape index (κ2) is 4.86. The number of esters is 1. The van der Waals surface area contributed by atoms with Crippen LogP contribution in [0.3, 0.4) is 0 Å². The lowest BCUT2D eigenvalue weighted by Crippen LogP contribution is -2.54. The van der Waals surface area contributed by atoms with Crippen LogP contribution in [0, 0.1) is 28.6 Å². The molecule has 3 saturated carbocycles. The maximum atomic E-state index is 13.2. The normalized spacial score (nSPS) is 51.6. The molecule has 5 rings (SSSR count). The summed E-state index contributed by atoms with van der Waals surface area (Å²) in [6.45, 7) is 5.73. The Labute approximate surface area is 153 Å². The van der Waals surface area contributed by atoms with E-state index in [1.165, 1.54) is 6.92 Å². The van der Waals surface area contributed by atoms with E-state index < -0.39 is 5.79 Å². The van der Waals surface area contributed by atoms with Gasteiger partial charge >= 0.3 is 5.97 Å². The zero-order valence-electron chi connectivity index (χ0n) is 15.7. The number of hydrogen-bond donors (Lipinski definition) is 0. The number of fused-ring (bicyclic) bond motifs is 7. The van der Waals surface area contributed by atoms with Crippen molar-refractivity contribution < 1.29 is 23.9 Å². The van der Waals surface area contributed by atoms with E-state index in [4.69, 9.17) is 9.47 Å². The van der Waals surface area contributed by atoms with Crippen molar-refractivity contribution in [2.75, 3.05) is 0 Å². The van der Waals surface area contributed by atoms with Crippen molar-refractivity contribution in [2.45, 2.75) is 71.2 Å². The Kier molecular flexibility index (Phi) is 3.12. The van der Waals surface area contributed by atoms with Crippen LogP contribution >= 0.6 is 0 Å². The molecule has 7 atom stereocenters. The van der Waals surface area contributed by atoms with Crippen LogP contribution in [0.5, 0.6) is 0 Å². The van der Waals surface area contributed by atoms with E-state index in [1.54, 1.807) is 6.08 Å². The third kappa shape index (κ3) is 1.88. The van der Waals surface area contributed by atoms with Gasteiger partial charge in [0.25, 0.3) is 0 Å². The van der Waals surface area contributed by atoms with Gasteiger partial charge in [-0.15, -0.1) is 0 Å². The molecular weight excluding hydrogens is 332 g/mol. The molecule has 0 radical (unpaired) electrons. The number of rotatable bonds is 1. The molecule has 4 fully saturated rings. The van der Waals surface area contributed by atoms with Gasteiger partial charge in [-0.3, -0.25) is 14.4 Å². The van der Waals surface area contributed by atoms with Gasteiger partial charge in [0, 0.05) is 31.1 Å². The third-order valence-electron chi connectivity index (χ3n) is 8.33. The molecule has 0 aromatic rings. The smallest absolute Gasteiger partial charge is 0.305 e. The molecule has 5 nitrogen and oxygen atoms in total. The lowest BCUT2D eigenvalue weighted by atomic mass is 9.47. The highest BCUT2D eigenvalue weighted by atomic mass is 16.8. The minimum atomic E-state index is -0.837. The fourth-order valence-corrected chi connectivity index (χ4v) is 6.82. The summed E-state index contributed by atoms with van der Waals surface area (Å²) in [7, 11) is 0. The second-order valence-electron chi connectivity index (χ2n) is 9.48. The maximum absolute atomic E-state index is 13.2. The van der Waals surface area contributed by atoms with Crippen LogP contribution in [0.1, 0.15) is 59.3 Å². The zero-order valence-corrected chi connectivity index (χ0v) is 15.7. The molecule has 5 aliphatic rings. The van der Waals surface area contributed by atoms with Crippen molar-refractivity contribution in [1.29, 1.82) is 0 Å². The molecule has 0 unspecified atom stereocenters. The molecule has 0 amide bonds. The summed E-state index contributed by atoms with van der Waals surface area (Å²) in [5.74, 6) is -0.284. The van der Waals surface area contributed by atoms with Crippen molar-refractivity contribution in [2.24, 2.45) is 28.6 Å². The molecule has 26 heavy (non-hydrogen) atoms. The molecule has 0 N–H and O–H groups in total. The van der Waals surface area contributed by atoms with Gasteiger partial charge in [0.15, 0.2) is 5.78 Å². The van der Waals surface area contributed by atoms with Gasteiger partial charge in [-0.1, -0.05) is 13.8 Å². The number of Topliss-reactive ketones (excluding diaryl/α,β-unsaturated/α-hetero) is 1. The average Bonchev–Trinajstić information content (AvgIpc) is 3.20. The topological polar surface area (TPSA) is 73.0 Å².